The second-order valence-electron chi connectivity index (χ2n) is 3.60. The van der Waals surface area contributed by atoms with Crippen LogP contribution in [-0.2, 0) is 0 Å². The summed E-state index contributed by atoms with van der Waals surface area (Å²) in [5.41, 5.74) is 2.69. The summed E-state index contributed by atoms with van der Waals surface area (Å²) in [6, 6.07) is 8.48. The highest BCUT2D eigenvalue weighted by atomic mass is 14.7. The maximum absolute atomic E-state index is 3.30. The number of fused-ring (bicyclic) bond motifs is 1. The largest absolute Gasteiger partial charge is 0.361 e. The van der Waals surface area contributed by atoms with Gasteiger partial charge in [0.15, 0.2) is 0 Å². The van der Waals surface area contributed by atoms with E-state index in [1.54, 1.807) is 0 Å². The van der Waals surface area contributed by atoms with E-state index in [1.165, 1.54) is 22.9 Å². The number of para-hydroxylation sites is 1. The maximum atomic E-state index is 3.30. The Kier molecular flexibility index (Phi) is 2.09. The molecule has 0 aliphatic heterocycles. The molecule has 1 aromatic carbocycles. The standard InChI is InChI=1S/C12H15N/c1-3-9(2)11-8-13-12-7-5-4-6-10(11)12/h4-9,13H,3H2,1-2H3. The van der Waals surface area contributed by atoms with Crippen LogP contribution in [0.15, 0.2) is 30.5 Å². The average molecular weight is 173 g/mol. The van der Waals surface area contributed by atoms with E-state index in [9.17, 15) is 0 Å². The first-order valence-corrected chi connectivity index (χ1v) is 4.89. The summed E-state index contributed by atoms with van der Waals surface area (Å²) < 4.78 is 0. The molecule has 0 bridgehead atoms. The van der Waals surface area contributed by atoms with Crippen molar-refractivity contribution in [1.82, 2.24) is 4.98 Å². The zero-order valence-electron chi connectivity index (χ0n) is 8.17. The molecule has 1 unspecified atom stereocenters. The van der Waals surface area contributed by atoms with Crippen LogP contribution in [0, 0.1) is 0 Å². The van der Waals surface area contributed by atoms with Gasteiger partial charge >= 0.3 is 0 Å². The van der Waals surface area contributed by atoms with Gasteiger partial charge in [-0.2, -0.15) is 0 Å². The van der Waals surface area contributed by atoms with Crippen molar-refractivity contribution in [2.75, 3.05) is 0 Å². The van der Waals surface area contributed by atoms with Gasteiger partial charge in [-0.05, 0) is 24.0 Å². The molecule has 0 aliphatic carbocycles. The van der Waals surface area contributed by atoms with Gasteiger partial charge in [-0.25, -0.2) is 0 Å². The summed E-state index contributed by atoms with van der Waals surface area (Å²) >= 11 is 0. The van der Waals surface area contributed by atoms with Crippen molar-refractivity contribution >= 4 is 10.9 Å². The van der Waals surface area contributed by atoms with E-state index in [1.807, 2.05) is 0 Å². The van der Waals surface area contributed by atoms with Crippen LogP contribution in [0.5, 0.6) is 0 Å². The van der Waals surface area contributed by atoms with Crippen molar-refractivity contribution in [1.29, 1.82) is 0 Å². The lowest BCUT2D eigenvalue weighted by atomic mass is 9.98. The molecule has 1 atom stereocenters. The van der Waals surface area contributed by atoms with E-state index < -0.39 is 0 Å². The predicted molar refractivity (Wildman–Crippen MR) is 57.0 cm³/mol. The minimum Gasteiger partial charge on any atom is -0.361 e. The summed E-state index contributed by atoms with van der Waals surface area (Å²) in [4.78, 5) is 3.30. The number of rotatable bonds is 2. The van der Waals surface area contributed by atoms with Gasteiger partial charge in [0.05, 0.1) is 0 Å². The summed E-state index contributed by atoms with van der Waals surface area (Å²) in [6.07, 6.45) is 3.33. The molecule has 1 aromatic heterocycles. The van der Waals surface area contributed by atoms with Crippen molar-refractivity contribution in [3.8, 4) is 0 Å². The van der Waals surface area contributed by atoms with Gasteiger partial charge in [-0.15, -0.1) is 0 Å². The van der Waals surface area contributed by atoms with Gasteiger partial charge in [0, 0.05) is 17.1 Å². The van der Waals surface area contributed by atoms with Crippen molar-refractivity contribution in [3.63, 3.8) is 0 Å². The molecule has 0 saturated heterocycles. The molecule has 0 saturated carbocycles. The Hall–Kier alpha value is -1.24. The Morgan fingerprint density at radius 3 is 2.85 bits per heavy atom. The third-order valence-electron chi connectivity index (χ3n) is 2.76. The van der Waals surface area contributed by atoms with Crippen LogP contribution in [0.25, 0.3) is 10.9 Å². The summed E-state index contributed by atoms with van der Waals surface area (Å²) in [5, 5.41) is 1.37. The number of aromatic nitrogens is 1. The molecule has 0 aliphatic rings. The predicted octanol–water partition coefficient (Wildman–Crippen LogP) is 3.68. The van der Waals surface area contributed by atoms with Crippen LogP contribution in [0.4, 0.5) is 0 Å². The third-order valence-corrected chi connectivity index (χ3v) is 2.76. The average Bonchev–Trinajstić information content (AvgIpc) is 2.60. The Balaban J connectivity index is 2.57. The van der Waals surface area contributed by atoms with Gasteiger partial charge < -0.3 is 4.98 Å². The van der Waals surface area contributed by atoms with Gasteiger partial charge in [0.2, 0.25) is 0 Å². The van der Waals surface area contributed by atoms with Crippen LogP contribution in [-0.4, -0.2) is 4.98 Å². The second kappa shape index (κ2) is 3.25. The fraction of sp³-hybridized carbons (Fsp3) is 0.333. The molecule has 2 rings (SSSR count). The highest BCUT2D eigenvalue weighted by molar-refractivity contribution is 5.83. The normalized spacial score (nSPS) is 13.4. The number of H-pyrrole nitrogens is 1. The van der Waals surface area contributed by atoms with Gasteiger partial charge in [-0.3, -0.25) is 0 Å². The number of hydrogen-bond donors (Lipinski definition) is 1. The van der Waals surface area contributed by atoms with E-state index in [-0.39, 0.29) is 0 Å². The lowest BCUT2D eigenvalue weighted by molar-refractivity contribution is 0.739. The van der Waals surface area contributed by atoms with E-state index in [0.717, 1.165) is 0 Å². The van der Waals surface area contributed by atoms with Crippen molar-refractivity contribution in [2.24, 2.45) is 0 Å². The SMILES string of the molecule is CCC(C)c1c[nH]c2ccccc12. The molecular weight excluding hydrogens is 158 g/mol. The van der Waals surface area contributed by atoms with Gasteiger partial charge in [0.25, 0.3) is 0 Å². The number of benzene rings is 1. The molecule has 1 heterocycles. The maximum Gasteiger partial charge on any atom is 0.0456 e. The lowest BCUT2D eigenvalue weighted by Gasteiger charge is -2.05. The number of nitrogens with one attached hydrogen (secondary N) is 1. The smallest absolute Gasteiger partial charge is 0.0456 e. The Morgan fingerprint density at radius 1 is 1.31 bits per heavy atom. The first kappa shape index (κ1) is 8.36. The monoisotopic (exact) mass is 173 g/mol. The summed E-state index contributed by atoms with van der Waals surface area (Å²) in [5.74, 6) is 0.649. The van der Waals surface area contributed by atoms with Crippen molar-refractivity contribution in [3.05, 3.63) is 36.0 Å². The lowest BCUT2D eigenvalue weighted by Crippen LogP contribution is -1.88. The fourth-order valence-corrected chi connectivity index (χ4v) is 1.72. The summed E-state index contributed by atoms with van der Waals surface area (Å²) in [7, 11) is 0. The molecule has 2 aromatic rings. The molecule has 1 nitrogen and oxygen atoms in total. The molecule has 0 amide bonds. The molecule has 68 valence electrons. The van der Waals surface area contributed by atoms with Crippen molar-refractivity contribution in [2.45, 2.75) is 26.2 Å². The molecular formula is C12H15N. The zero-order valence-corrected chi connectivity index (χ0v) is 8.17. The van der Waals surface area contributed by atoms with Gasteiger partial charge in [0.1, 0.15) is 0 Å². The first-order valence-electron chi connectivity index (χ1n) is 4.89. The highest BCUT2D eigenvalue weighted by Crippen LogP contribution is 2.26. The first-order chi connectivity index (χ1) is 6.33. The fourth-order valence-electron chi connectivity index (χ4n) is 1.72. The second-order valence-corrected chi connectivity index (χ2v) is 3.60. The topological polar surface area (TPSA) is 15.8 Å². The number of hydrogen-bond acceptors (Lipinski definition) is 0. The molecule has 1 N–H and O–H groups in total. The molecule has 0 radical (unpaired) electrons. The van der Waals surface area contributed by atoms with E-state index in [4.69, 9.17) is 0 Å². The minimum atomic E-state index is 0.649. The van der Waals surface area contributed by atoms with Crippen LogP contribution in [0.3, 0.4) is 0 Å². The Bertz CT molecular complexity index is 400. The van der Waals surface area contributed by atoms with Gasteiger partial charge in [-0.1, -0.05) is 32.0 Å². The quantitative estimate of drug-likeness (QED) is 0.713. The highest BCUT2D eigenvalue weighted by Gasteiger charge is 2.07. The molecule has 13 heavy (non-hydrogen) atoms. The Labute approximate surface area is 78.8 Å². The van der Waals surface area contributed by atoms with E-state index >= 15 is 0 Å². The number of aromatic amines is 1. The van der Waals surface area contributed by atoms with Crippen LogP contribution in [0.1, 0.15) is 31.7 Å². The molecule has 0 fully saturated rings. The van der Waals surface area contributed by atoms with Crippen molar-refractivity contribution < 1.29 is 0 Å². The van der Waals surface area contributed by atoms with Crippen LogP contribution >= 0.6 is 0 Å². The van der Waals surface area contributed by atoms with Crippen LogP contribution < -0.4 is 0 Å². The molecule has 1 heteroatoms. The zero-order chi connectivity index (χ0) is 9.26. The summed E-state index contributed by atoms with van der Waals surface area (Å²) in [6.45, 7) is 4.50. The third kappa shape index (κ3) is 1.35. The Morgan fingerprint density at radius 2 is 2.08 bits per heavy atom. The van der Waals surface area contributed by atoms with E-state index in [0.29, 0.717) is 5.92 Å². The van der Waals surface area contributed by atoms with E-state index in [2.05, 4.69) is 49.3 Å². The molecule has 0 spiro atoms. The van der Waals surface area contributed by atoms with Crippen LogP contribution in [0.2, 0.25) is 0 Å². The minimum absolute atomic E-state index is 0.649.